The summed E-state index contributed by atoms with van der Waals surface area (Å²) in [6.07, 6.45) is 2.62. The smallest absolute Gasteiger partial charge is 0.277 e. The quantitative estimate of drug-likeness (QED) is 0.397. The van der Waals surface area contributed by atoms with E-state index in [1.165, 1.54) is 22.1 Å². The van der Waals surface area contributed by atoms with Crippen molar-refractivity contribution in [2.75, 3.05) is 24.5 Å². The number of benzene rings is 2. The van der Waals surface area contributed by atoms with Crippen LogP contribution in [0.4, 0.5) is 5.69 Å². The highest BCUT2D eigenvalue weighted by atomic mass is 16.1. The number of H-pyrrole nitrogens is 1. The Balaban J connectivity index is 1.28. The highest BCUT2D eigenvalue weighted by Crippen LogP contribution is 2.20. The molecule has 7 nitrogen and oxygen atoms in total. The summed E-state index contributed by atoms with van der Waals surface area (Å²) in [5, 5.41) is 3.89. The Hall–Kier alpha value is -3.61. The predicted molar refractivity (Wildman–Crippen MR) is 129 cm³/mol. The van der Waals surface area contributed by atoms with E-state index in [0.29, 0.717) is 24.1 Å². The monoisotopic (exact) mass is 431 g/mol. The summed E-state index contributed by atoms with van der Waals surface area (Å²) in [6, 6.07) is 16.2. The lowest BCUT2D eigenvalue weighted by Crippen LogP contribution is -2.31. The number of carbonyl (C=O) groups is 1. The lowest BCUT2D eigenvalue weighted by Gasteiger charge is -2.23. The Kier molecular flexibility index (Phi) is 6.54. The number of aromatic amines is 1. The number of aromatic nitrogens is 3. The van der Waals surface area contributed by atoms with Gasteiger partial charge in [0, 0.05) is 49.2 Å². The normalized spacial score (nSPS) is 11.2. The van der Waals surface area contributed by atoms with Crippen molar-refractivity contribution in [2.24, 2.45) is 0 Å². The lowest BCUT2D eigenvalue weighted by atomic mass is 10.2. The van der Waals surface area contributed by atoms with Gasteiger partial charge in [-0.25, -0.2) is 4.98 Å². The standard InChI is InChI=1S/C25H29N5O2/c1-3-29(19-9-6-8-18(2)16-19)14-7-13-26-22(31)12-15-30-17-27-23-20-10-4-5-11-21(20)28-24(23)25(30)32/h4-6,8-11,16-17,28H,3,7,12-15H2,1-2H3,(H,26,31). The molecule has 166 valence electrons. The SMILES string of the molecule is CCN(CCCNC(=O)CCn1cnc2c([nH]c3ccccc32)c1=O)c1cccc(C)c1. The molecule has 0 saturated carbocycles. The third-order valence-electron chi connectivity index (χ3n) is 5.73. The third kappa shape index (κ3) is 4.66. The number of nitrogens with one attached hydrogen (secondary N) is 2. The van der Waals surface area contributed by atoms with E-state index in [9.17, 15) is 9.59 Å². The van der Waals surface area contributed by atoms with Crippen LogP contribution in [0, 0.1) is 6.92 Å². The molecule has 4 rings (SSSR count). The zero-order chi connectivity index (χ0) is 22.5. The van der Waals surface area contributed by atoms with E-state index in [-0.39, 0.29) is 17.9 Å². The first-order valence-electron chi connectivity index (χ1n) is 11.1. The molecule has 1 amide bonds. The second kappa shape index (κ2) is 9.68. The number of hydrogen-bond donors (Lipinski definition) is 2. The van der Waals surface area contributed by atoms with Crippen molar-refractivity contribution in [1.82, 2.24) is 19.9 Å². The lowest BCUT2D eigenvalue weighted by molar-refractivity contribution is -0.121. The largest absolute Gasteiger partial charge is 0.372 e. The molecule has 0 unspecified atom stereocenters. The first-order valence-corrected chi connectivity index (χ1v) is 11.1. The van der Waals surface area contributed by atoms with Gasteiger partial charge in [0.15, 0.2) is 0 Å². The predicted octanol–water partition coefficient (Wildman–Crippen LogP) is 3.61. The molecule has 7 heteroatoms. The van der Waals surface area contributed by atoms with E-state index in [1.54, 1.807) is 0 Å². The van der Waals surface area contributed by atoms with Gasteiger partial charge in [-0.1, -0.05) is 30.3 Å². The van der Waals surface area contributed by atoms with Gasteiger partial charge >= 0.3 is 0 Å². The van der Waals surface area contributed by atoms with Gasteiger partial charge in [0.1, 0.15) is 11.0 Å². The summed E-state index contributed by atoms with van der Waals surface area (Å²) >= 11 is 0. The topological polar surface area (TPSA) is 83.0 Å². The fraction of sp³-hybridized carbons (Fsp3) is 0.320. The molecule has 0 saturated heterocycles. The Morgan fingerprint density at radius 2 is 2.03 bits per heavy atom. The average Bonchev–Trinajstić information content (AvgIpc) is 3.18. The molecule has 2 N–H and O–H groups in total. The van der Waals surface area contributed by atoms with E-state index >= 15 is 0 Å². The highest BCUT2D eigenvalue weighted by Gasteiger charge is 2.11. The van der Waals surface area contributed by atoms with Crippen LogP contribution in [0.3, 0.4) is 0 Å². The molecule has 0 bridgehead atoms. The molecule has 32 heavy (non-hydrogen) atoms. The van der Waals surface area contributed by atoms with Gasteiger partial charge in [-0.3, -0.25) is 14.2 Å². The van der Waals surface area contributed by atoms with Crippen molar-refractivity contribution in [3.05, 3.63) is 70.8 Å². The number of nitrogens with zero attached hydrogens (tertiary/aromatic N) is 3. The molecule has 0 aliphatic heterocycles. The van der Waals surface area contributed by atoms with Gasteiger partial charge in [0.25, 0.3) is 5.56 Å². The van der Waals surface area contributed by atoms with Crippen molar-refractivity contribution >= 4 is 33.5 Å². The van der Waals surface area contributed by atoms with Crippen LogP contribution in [0.15, 0.2) is 59.7 Å². The molecule has 0 aliphatic carbocycles. The van der Waals surface area contributed by atoms with E-state index in [2.05, 4.69) is 58.3 Å². The molecule has 2 heterocycles. The van der Waals surface area contributed by atoms with E-state index in [1.807, 2.05) is 24.3 Å². The molecule has 4 aromatic rings. The van der Waals surface area contributed by atoms with Gasteiger partial charge in [0.05, 0.1) is 6.33 Å². The zero-order valence-electron chi connectivity index (χ0n) is 18.6. The Morgan fingerprint density at radius 1 is 1.19 bits per heavy atom. The molecule has 0 atom stereocenters. The molecule has 0 aliphatic rings. The molecule has 0 radical (unpaired) electrons. The van der Waals surface area contributed by atoms with Crippen LogP contribution in [0.5, 0.6) is 0 Å². The van der Waals surface area contributed by atoms with Crippen LogP contribution in [0.2, 0.25) is 0 Å². The fourth-order valence-electron chi connectivity index (χ4n) is 4.00. The van der Waals surface area contributed by atoms with Crippen LogP contribution >= 0.6 is 0 Å². The van der Waals surface area contributed by atoms with Gasteiger partial charge in [0.2, 0.25) is 5.91 Å². The van der Waals surface area contributed by atoms with Crippen LogP contribution < -0.4 is 15.8 Å². The van der Waals surface area contributed by atoms with E-state index < -0.39 is 0 Å². The second-order valence-electron chi connectivity index (χ2n) is 8.01. The van der Waals surface area contributed by atoms with Crippen LogP contribution in [-0.4, -0.2) is 40.1 Å². The summed E-state index contributed by atoms with van der Waals surface area (Å²) in [5.74, 6) is -0.0627. The average molecular weight is 432 g/mol. The number of hydrogen-bond acceptors (Lipinski definition) is 4. The number of fused-ring (bicyclic) bond motifs is 3. The molecular formula is C25H29N5O2. The van der Waals surface area contributed by atoms with Crippen LogP contribution in [0.1, 0.15) is 25.3 Å². The maximum Gasteiger partial charge on any atom is 0.277 e. The minimum atomic E-state index is -0.157. The van der Waals surface area contributed by atoms with Crippen LogP contribution in [0.25, 0.3) is 21.9 Å². The maximum absolute atomic E-state index is 12.8. The first-order chi connectivity index (χ1) is 15.6. The molecular weight excluding hydrogens is 402 g/mol. The third-order valence-corrected chi connectivity index (χ3v) is 5.73. The Bertz CT molecular complexity index is 1290. The van der Waals surface area contributed by atoms with Gasteiger partial charge in [-0.05, 0) is 44.0 Å². The van der Waals surface area contributed by atoms with Crippen molar-refractivity contribution in [1.29, 1.82) is 0 Å². The zero-order valence-corrected chi connectivity index (χ0v) is 18.6. The molecule has 0 fully saturated rings. The summed E-state index contributed by atoms with van der Waals surface area (Å²) in [7, 11) is 0. The number of para-hydroxylation sites is 1. The Labute approximate surface area is 187 Å². The van der Waals surface area contributed by atoms with Crippen molar-refractivity contribution < 1.29 is 4.79 Å². The number of anilines is 1. The Morgan fingerprint density at radius 3 is 2.84 bits per heavy atom. The molecule has 2 aromatic heterocycles. The van der Waals surface area contributed by atoms with Crippen molar-refractivity contribution in [3.63, 3.8) is 0 Å². The van der Waals surface area contributed by atoms with E-state index in [4.69, 9.17) is 0 Å². The summed E-state index contributed by atoms with van der Waals surface area (Å²) in [5.41, 5.74) is 4.32. The first kappa shape index (κ1) is 21.6. The molecule has 2 aromatic carbocycles. The van der Waals surface area contributed by atoms with Crippen molar-refractivity contribution in [2.45, 2.75) is 33.2 Å². The minimum absolute atomic E-state index is 0.0627. The van der Waals surface area contributed by atoms with Crippen molar-refractivity contribution in [3.8, 4) is 0 Å². The highest BCUT2D eigenvalue weighted by molar-refractivity contribution is 6.04. The fourth-order valence-corrected chi connectivity index (χ4v) is 4.00. The van der Waals surface area contributed by atoms with E-state index in [0.717, 1.165) is 30.4 Å². The number of amides is 1. The van der Waals surface area contributed by atoms with Gasteiger partial charge in [-0.15, -0.1) is 0 Å². The number of aryl methyl sites for hydroxylation is 2. The summed E-state index contributed by atoms with van der Waals surface area (Å²) in [6.45, 7) is 6.93. The minimum Gasteiger partial charge on any atom is -0.372 e. The van der Waals surface area contributed by atoms with Crippen LogP contribution in [-0.2, 0) is 11.3 Å². The summed E-state index contributed by atoms with van der Waals surface area (Å²) in [4.78, 5) is 35.0. The second-order valence-corrected chi connectivity index (χ2v) is 8.01. The van der Waals surface area contributed by atoms with Gasteiger partial charge < -0.3 is 15.2 Å². The number of rotatable bonds is 9. The van der Waals surface area contributed by atoms with Gasteiger partial charge in [-0.2, -0.15) is 0 Å². The maximum atomic E-state index is 12.8. The number of carbonyl (C=O) groups excluding carboxylic acids is 1. The summed E-state index contributed by atoms with van der Waals surface area (Å²) < 4.78 is 1.49. The molecule has 0 spiro atoms.